The molecule has 4 aliphatic rings. The Balaban J connectivity index is 1.42. The Morgan fingerprint density at radius 3 is 2.65 bits per heavy atom. The first kappa shape index (κ1) is 38.1. The monoisotopic (exact) mass is 740 g/mol. The van der Waals surface area contributed by atoms with Gasteiger partial charge < -0.3 is 29.7 Å². The molecule has 3 fully saturated rings. The Bertz CT molecular complexity index is 1650. The van der Waals surface area contributed by atoms with Gasteiger partial charge in [-0.1, -0.05) is 38.0 Å². The molecule has 0 unspecified atom stereocenters. The largest absolute Gasteiger partial charge is 0.573 e. The van der Waals surface area contributed by atoms with Crippen molar-refractivity contribution in [3.8, 4) is 5.75 Å². The number of carbonyl (C=O) groups excluding carboxylic acids is 4. The topological polar surface area (TPSA) is 169 Å². The Kier molecular flexibility index (Phi) is 11.7. The first-order valence-corrected chi connectivity index (χ1v) is 18.6. The van der Waals surface area contributed by atoms with Crippen LogP contribution in [0.2, 0.25) is 0 Å². The van der Waals surface area contributed by atoms with E-state index < -0.39 is 80.8 Å². The van der Waals surface area contributed by atoms with Crippen LogP contribution in [0.3, 0.4) is 0 Å². The van der Waals surface area contributed by atoms with E-state index in [4.69, 9.17) is 9.47 Å². The number of amides is 4. The summed E-state index contributed by atoms with van der Waals surface area (Å²) in [7, 11) is -3.93. The van der Waals surface area contributed by atoms with Gasteiger partial charge >= 0.3 is 12.5 Å². The van der Waals surface area contributed by atoms with Crippen molar-refractivity contribution in [3.05, 3.63) is 48.1 Å². The van der Waals surface area contributed by atoms with Gasteiger partial charge in [0.05, 0.1) is 24.6 Å². The van der Waals surface area contributed by atoms with Gasteiger partial charge in [-0.15, -0.1) is 19.8 Å². The highest BCUT2D eigenvalue weighted by molar-refractivity contribution is 7.91. The Hall–Kier alpha value is -4.12. The molecule has 1 saturated heterocycles. The van der Waals surface area contributed by atoms with Crippen LogP contribution in [0.1, 0.15) is 75.8 Å². The summed E-state index contributed by atoms with van der Waals surface area (Å²) in [5, 5.41) is 4.64. The molecule has 4 amide bonds. The average molecular weight is 741 g/mol. The molecule has 2 heterocycles. The molecule has 0 radical (unpaired) electrons. The summed E-state index contributed by atoms with van der Waals surface area (Å²) in [5.41, 5.74) is -0.852. The summed E-state index contributed by atoms with van der Waals surface area (Å²) < 4.78 is 82.2. The number of halogens is 3. The van der Waals surface area contributed by atoms with E-state index >= 15 is 0 Å². The molecule has 5 atom stereocenters. The van der Waals surface area contributed by atoms with Crippen LogP contribution < -0.4 is 20.1 Å². The molecule has 17 heteroatoms. The molecule has 3 N–H and O–H groups in total. The van der Waals surface area contributed by atoms with Crippen molar-refractivity contribution in [2.75, 3.05) is 13.2 Å². The van der Waals surface area contributed by atoms with Crippen LogP contribution in [0.4, 0.5) is 18.0 Å². The van der Waals surface area contributed by atoms with E-state index in [0.29, 0.717) is 49.7 Å². The van der Waals surface area contributed by atoms with Gasteiger partial charge in [-0.05, 0) is 67.9 Å². The number of ether oxygens (including phenoxy) is 3. The second-order valence-corrected chi connectivity index (χ2v) is 15.3. The molecule has 4 bridgehead atoms. The zero-order chi connectivity index (χ0) is 37.0. The number of nitrogens with zero attached hydrogens (tertiary/aromatic N) is 1. The van der Waals surface area contributed by atoms with E-state index in [1.807, 2.05) is 6.92 Å². The summed E-state index contributed by atoms with van der Waals surface area (Å²) in [6.45, 7) is 5.31. The number of sulfonamides is 1. The fourth-order valence-electron chi connectivity index (χ4n) is 6.34. The van der Waals surface area contributed by atoms with Crippen molar-refractivity contribution in [1.29, 1.82) is 0 Å². The van der Waals surface area contributed by atoms with E-state index in [-0.39, 0.29) is 39.0 Å². The molecule has 2 aliphatic heterocycles. The van der Waals surface area contributed by atoms with E-state index in [2.05, 4.69) is 26.7 Å². The third-order valence-electron chi connectivity index (χ3n) is 9.30. The molecular weight excluding hydrogens is 697 g/mol. The van der Waals surface area contributed by atoms with E-state index in [1.165, 1.54) is 23.1 Å². The first-order valence-electron chi connectivity index (χ1n) is 17.1. The molecule has 1 aromatic rings. The number of cyclic esters (lactones) is 1. The second-order valence-electron chi connectivity index (χ2n) is 13.3. The van der Waals surface area contributed by atoms with Gasteiger partial charge in [-0.25, -0.2) is 13.2 Å². The lowest BCUT2D eigenvalue weighted by atomic mass is 10.1. The first-order chi connectivity index (χ1) is 24.1. The summed E-state index contributed by atoms with van der Waals surface area (Å²) in [6, 6.07) is 1.76. The lowest BCUT2D eigenvalue weighted by Gasteiger charge is -2.29. The molecule has 1 aromatic carbocycles. The Labute approximate surface area is 294 Å². The van der Waals surface area contributed by atoms with Crippen molar-refractivity contribution in [2.45, 2.75) is 107 Å². The number of hydrogen-bond donors (Lipinski definition) is 3. The molecule has 0 spiro atoms. The number of alkyl carbamates (subject to hydrolysis) is 1. The SMILES string of the molecule is C=C[C@H]1C[C@]1(NC(=O)[C@@H]1C[C@@H]2CN1C(=O)[C@H](CCCC)NC(=O)OCCC/C=C/c1cc(cc(OC(F)(F)F)c1)CO2)C(=O)NS(=O)(=O)C1CC1. The Morgan fingerprint density at radius 2 is 1.98 bits per heavy atom. The third-order valence-corrected chi connectivity index (χ3v) is 11.1. The summed E-state index contributed by atoms with van der Waals surface area (Å²) >= 11 is 0. The van der Waals surface area contributed by atoms with Crippen LogP contribution in [0.5, 0.6) is 5.75 Å². The minimum Gasteiger partial charge on any atom is -0.450 e. The number of unbranched alkanes of at least 4 members (excludes halogenated alkanes) is 1. The lowest BCUT2D eigenvalue weighted by molar-refractivity contribution is -0.274. The highest BCUT2D eigenvalue weighted by Gasteiger charge is 2.62. The van der Waals surface area contributed by atoms with Crippen LogP contribution in [-0.4, -0.2) is 85.6 Å². The number of fused-ring (bicyclic) bond motifs is 4. The summed E-state index contributed by atoms with van der Waals surface area (Å²) in [5.74, 6) is -3.26. The maximum Gasteiger partial charge on any atom is 0.573 e. The van der Waals surface area contributed by atoms with Gasteiger partial charge in [0.2, 0.25) is 21.8 Å². The second kappa shape index (κ2) is 15.6. The third kappa shape index (κ3) is 9.81. The van der Waals surface area contributed by atoms with Gasteiger partial charge in [-0.2, -0.15) is 0 Å². The standard InChI is InChI=1S/C34H43F3N4O9S/c1-3-5-10-27-30(43)41-19-25(17-28(41)29(42)39-33(18-23(33)4-2)31(44)40-51(46,47)26-11-12-26)49-20-22-14-21(15-24(16-22)50-34(35,36)37)9-7-6-8-13-48-32(45)38-27/h4,7,9,14-16,23,25-28H,2-3,5-6,8,10-13,17-20H2,1H3,(H,38,45)(H,39,42)(H,40,44)/b9-7+/t23-,25+,27-,28-,33+/m0/s1. The van der Waals surface area contributed by atoms with Gasteiger partial charge in [0.1, 0.15) is 23.4 Å². The quantitative estimate of drug-likeness (QED) is 0.302. The lowest BCUT2D eigenvalue weighted by Crippen LogP contribution is -2.58. The summed E-state index contributed by atoms with van der Waals surface area (Å²) in [6.07, 6.45) is 1.43. The molecule has 51 heavy (non-hydrogen) atoms. The number of benzene rings is 1. The molecule has 2 aliphatic carbocycles. The molecule has 13 nitrogen and oxygen atoms in total. The maximum absolute atomic E-state index is 14.1. The number of allylic oxidation sites excluding steroid dienone is 1. The van der Waals surface area contributed by atoms with Gasteiger partial charge in [0.15, 0.2) is 0 Å². The number of rotatable bonds is 10. The zero-order valence-electron chi connectivity index (χ0n) is 28.2. The molecule has 0 aromatic heterocycles. The van der Waals surface area contributed by atoms with E-state index in [0.717, 1.165) is 0 Å². The van der Waals surface area contributed by atoms with Crippen molar-refractivity contribution < 1.29 is 55.0 Å². The fourth-order valence-corrected chi connectivity index (χ4v) is 7.70. The van der Waals surface area contributed by atoms with Crippen LogP contribution in [0, 0.1) is 5.92 Å². The predicted molar refractivity (Wildman–Crippen MR) is 177 cm³/mol. The van der Waals surface area contributed by atoms with Crippen LogP contribution in [0.15, 0.2) is 36.9 Å². The number of nitrogens with one attached hydrogen (secondary N) is 3. The molecule has 280 valence electrons. The van der Waals surface area contributed by atoms with Gasteiger partial charge in [0.25, 0.3) is 5.91 Å². The van der Waals surface area contributed by atoms with Crippen molar-refractivity contribution in [1.82, 2.24) is 20.3 Å². The van der Waals surface area contributed by atoms with Gasteiger partial charge in [0, 0.05) is 18.9 Å². The predicted octanol–water partition coefficient (Wildman–Crippen LogP) is 3.83. The van der Waals surface area contributed by atoms with Gasteiger partial charge in [-0.3, -0.25) is 19.1 Å². The number of alkyl halides is 3. The highest BCUT2D eigenvalue weighted by atomic mass is 32.2. The van der Waals surface area contributed by atoms with E-state index in [1.54, 1.807) is 18.2 Å². The zero-order valence-corrected chi connectivity index (χ0v) is 29.0. The van der Waals surface area contributed by atoms with Crippen molar-refractivity contribution in [2.24, 2.45) is 5.92 Å². The molecule has 2 saturated carbocycles. The number of hydrogen-bond acceptors (Lipinski definition) is 9. The summed E-state index contributed by atoms with van der Waals surface area (Å²) in [4.78, 5) is 55.5. The maximum atomic E-state index is 14.1. The minimum atomic E-state index is -4.93. The number of carbonyl (C=O) groups is 4. The Morgan fingerprint density at radius 1 is 1.22 bits per heavy atom. The van der Waals surface area contributed by atoms with Crippen molar-refractivity contribution in [3.63, 3.8) is 0 Å². The average Bonchev–Trinajstić information content (AvgIpc) is 3.98. The molecular formula is C34H43F3N4O9S. The normalized spacial score (nSPS) is 28.0. The smallest absolute Gasteiger partial charge is 0.450 e. The molecule has 5 rings (SSSR count). The van der Waals surface area contributed by atoms with Crippen LogP contribution >= 0.6 is 0 Å². The minimum absolute atomic E-state index is 0.00305. The van der Waals surface area contributed by atoms with E-state index in [9.17, 15) is 40.8 Å². The van der Waals surface area contributed by atoms with Crippen molar-refractivity contribution >= 4 is 39.9 Å². The highest BCUT2D eigenvalue weighted by Crippen LogP contribution is 2.45. The fraction of sp³-hybridized carbons (Fsp3) is 0.588. The van der Waals surface area contributed by atoms with Crippen LogP contribution in [-0.2, 0) is 40.5 Å². The van der Waals surface area contributed by atoms with Crippen LogP contribution in [0.25, 0.3) is 6.08 Å².